The third-order valence-electron chi connectivity index (χ3n) is 3.61. The summed E-state index contributed by atoms with van der Waals surface area (Å²) >= 11 is 7.70. The molecule has 6 heteroatoms. The summed E-state index contributed by atoms with van der Waals surface area (Å²) in [6, 6.07) is 14.8. The number of amides is 1. The number of halogens is 1. The molecule has 0 bridgehead atoms. The van der Waals surface area contributed by atoms with Crippen LogP contribution in [0.5, 0.6) is 0 Å². The summed E-state index contributed by atoms with van der Waals surface area (Å²) in [5, 5.41) is 4.19. The maximum Gasteiger partial charge on any atom is 0.330 e. The van der Waals surface area contributed by atoms with Crippen LogP contribution < -0.4 is 5.32 Å². The molecule has 0 fully saturated rings. The second-order valence-corrected chi connectivity index (χ2v) is 6.83. The van der Waals surface area contributed by atoms with Gasteiger partial charge in [0.1, 0.15) is 4.88 Å². The third-order valence-corrected chi connectivity index (χ3v) is 5.28. The van der Waals surface area contributed by atoms with E-state index in [-0.39, 0.29) is 11.9 Å². The molecule has 0 aliphatic rings. The Morgan fingerprint density at radius 2 is 1.88 bits per heavy atom. The van der Waals surface area contributed by atoms with Gasteiger partial charge in [-0.05, 0) is 36.8 Å². The van der Waals surface area contributed by atoms with Gasteiger partial charge in [0.25, 0.3) is 5.91 Å². The molecule has 1 aromatic heterocycles. The topological polar surface area (TPSA) is 55.4 Å². The molecule has 0 aliphatic heterocycles. The van der Waals surface area contributed by atoms with Crippen LogP contribution in [0.2, 0.25) is 5.02 Å². The fourth-order valence-corrected chi connectivity index (χ4v) is 3.79. The van der Waals surface area contributed by atoms with Gasteiger partial charge in [-0.1, -0.05) is 41.9 Å². The Hall–Kier alpha value is -2.63. The van der Waals surface area contributed by atoms with Gasteiger partial charge in [0.15, 0.2) is 0 Å². The fourth-order valence-electron chi connectivity index (χ4n) is 2.38. The van der Waals surface area contributed by atoms with Crippen molar-refractivity contribution in [3.05, 3.63) is 70.1 Å². The average Bonchev–Trinajstić information content (AvgIpc) is 2.99. The van der Waals surface area contributed by atoms with E-state index in [4.69, 9.17) is 16.3 Å². The first kappa shape index (κ1) is 18.2. The third kappa shape index (κ3) is 4.12. The molecule has 3 rings (SSSR count). The molecule has 0 saturated heterocycles. The van der Waals surface area contributed by atoms with E-state index < -0.39 is 0 Å². The minimum Gasteiger partial charge on any atom is -0.463 e. The van der Waals surface area contributed by atoms with Crippen molar-refractivity contribution in [3.63, 3.8) is 0 Å². The van der Waals surface area contributed by atoms with Crippen LogP contribution >= 0.6 is 22.9 Å². The van der Waals surface area contributed by atoms with Gasteiger partial charge in [-0.15, -0.1) is 11.3 Å². The van der Waals surface area contributed by atoms with E-state index in [1.165, 1.54) is 17.4 Å². The summed E-state index contributed by atoms with van der Waals surface area (Å²) in [6.07, 6.45) is 3.03. The number of carbonyl (C=O) groups excluding carboxylic acids is 2. The zero-order valence-corrected chi connectivity index (χ0v) is 15.6. The van der Waals surface area contributed by atoms with E-state index in [1.54, 1.807) is 37.3 Å². The minimum atomic E-state index is -0.385. The lowest BCUT2D eigenvalue weighted by molar-refractivity contribution is -0.137. The number of ether oxygens (including phenoxy) is 1. The molecule has 0 atom stereocenters. The molecule has 2 aromatic carbocycles. The number of thiophene rings is 1. The number of benzene rings is 2. The van der Waals surface area contributed by atoms with Crippen molar-refractivity contribution in [3.8, 4) is 0 Å². The van der Waals surface area contributed by atoms with Gasteiger partial charge >= 0.3 is 5.97 Å². The Balaban J connectivity index is 1.71. The molecule has 26 heavy (non-hydrogen) atoms. The Kier molecular flexibility index (Phi) is 5.71. The van der Waals surface area contributed by atoms with Crippen LogP contribution in [0.4, 0.5) is 5.69 Å². The maximum absolute atomic E-state index is 12.5. The van der Waals surface area contributed by atoms with Crippen LogP contribution in [0.3, 0.4) is 0 Å². The van der Waals surface area contributed by atoms with Crippen molar-refractivity contribution in [1.29, 1.82) is 0 Å². The Morgan fingerprint density at radius 1 is 1.15 bits per heavy atom. The van der Waals surface area contributed by atoms with E-state index in [1.807, 2.05) is 24.3 Å². The molecule has 1 amide bonds. The second-order valence-electron chi connectivity index (χ2n) is 5.40. The molecule has 4 nitrogen and oxygen atoms in total. The van der Waals surface area contributed by atoms with Crippen molar-refractivity contribution in [1.82, 2.24) is 0 Å². The first-order valence-corrected chi connectivity index (χ1v) is 9.21. The summed E-state index contributed by atoms with van der Waals surface area (Å²) in [5.74, 6) is -0.629. The predicted molar refractivity (Wildman–Crippen MR) is 107 cm³/mol. The maximum atomic E-state index is 12.5. The molecule has 1 N–H and O–H groups in total. The van der Waals surface area contributed by atoms with Gasteiger partial charge < -0.3 is 10.1 Å². The van der Waals surface area contributed by atoms with Crippen molar-refractivity contribution in [2.24, 2.45) is 0 Å². The van der Waals surface area contributed by atoms with Crippen LogP contribution in [0.1, 0.15) is 22.2 Å². The molecule has 1 heterocycles. The molecular weight excluding hydrogens is 370 g/mol. The monoisotopic (exact) mass is 385 g/mol. The van der Waals surface area contributed by atoms with Gasteiger partial charge in [0, 0.05) is 21.8 Å². The summed E-state index contributed by atoms with van der Waals surface area (Å²) in [4.78, 5) is 24.3. The lowest BCUT2D eigenvalue weighted by Crippen LogP contribution is -2.10. The van der Waals surface area contributed by atoms with Gasteiger partial charge in [0.05, 0.1) is 11.6 Å². The number of nitrogens with one attached hydrogen (secondary N) is 1. The molecule has 0 spiro atoms. The van der Waals surface area contributed by atoms with Gasteiger partial charge in [-0.3, -0.25) is 4.79 Å². The number of esters is 1. The van der Waals surface area contributed by atoms with Crippen LogP contribution in [0.25, 0.3) is 16.2 Å². The largest absolute Gasteiger partial charge is 0.463 e. The molecule has 3 aromatic rings. The lowest BCUT2D eigenvalue weighted by atomic mass is 10.2. The number of hydrogen-bond donors (Lipinski definition) is 1. The van der Waals surface area contributed by atoms with E-state index in [2.05, 4.69) is 5.32 Å². The van der Waals surface area contributed by atoms with Crippen LogP contribution in [-0.2, 0) is 9.53 Å². The van der Waals surface area contributed by atoms with E-state index >= 15 is 0 Å². The van der Waals surface area contributed by atoms with Crippen molar-refractivity contribution in [2.45, 2.75) is 6.92 Å². The first-order chi connectivity index (χ1) is 12.6. The molecule has 0 saturated carbocycles. The Labute approximate surface area is 160 Å². The highest BCUT2D eigenvalue weighted by atomic mass is 35.5. The summed E-state index contributed by atoms with van der Waals surface area (Å²) < 4.78 is 5.81. The number of hydrogen-bond acceptors (Lipinski definition) is 4. The van der Waals surface area contributed by atoms with Gasteiger partial charge in [-0.25, -0.2) is 4.79 Å². The molecule has 0 unspecified atom stereocenters. The Bertz CT molecular complexity index is 976. The number of rotatable bonds is 5. The molecule has 0 aliphatic carbocycles. The zero-order chi connectivity index (χ0) is 18.5. The quantitative estimate of drug-likeness (QED) is 0.473. The predicted octanol–water partition coefficient (Wildman–Crippen LogP) is 5.38. The summed E-state index contributed by atoms with van der Waals surface area (Å²) in [6.45, 7) is 2.10. The molecule has 132 valence electrons. The van der Waals surface area contributed by atoms with Crippen molar-refractivity contribution in [2.75, 3.05) is 11.9 Å². The molecule has 0 radical (unpaired) electrons. The van der Waals surface area contributed by atoms with Gasteiger partial charge in [-0.2, -0.15) is 0 Å². The fraction of sp³-hybridized carbons (Fsp3) is 0.100. The standard InChI is InChI=1S/C20H16ClNO3S/c1-2-25-17(23)12-9-13-7-10-14(11-8-13)22-20(24)19-18(21)15-5-3-4-6-16(15)26-19/h3-12H,2H2,1H3,(H,22,24)/b12-9+. The molecular formula is C20H16ClNO3S. The average molecular weight is 386 g/mol. The van der Waals surface area contributed by atoms with Crippen LogP contribution in [-0.4, -0.2) is 18.5 Å². The second kappa shape index (κ2) is 8.17. The normalized spacial score (nSPS) is 11.0. The van der Waals surface area contributed by atoms with E-state index in [9.17, 15) is 9.59 Å². The summed E-state index contributed by atoms with van der Waals surface area (Å²) in [7, 11) is 0. The van der Waals surface area contributed by atoms with Crippen molar-refractivity contribution < 1.29 is 14.3 Å². The van der Waals surface area contributed by atoms with Gasteiger partial charge in [0.2, 0.25) is 0 Å². The lowest BCUT2D eigenvalue weighted by Gasteiger charge is -2.04. The number of anilines is 1. The highest BCUT2D eigenvalue weighted by Gasteiger charge is 2.16. The van der Waals surface area contributed by atoms with E-state index in [0.717, 1.165) is 15.6 Å². The number of fused-ring (bicyclic) bond motifs is 1. The first-order valence-electron chi connectivity index (χ1n) is 8.01. The minimum absolute atomic E-state index is 0.244. The summed E-state index contributed by atoms with van der Waals surface area (Å²) in [5.41, 5.74) is 1.48. The van der Waals surface area contributed by atoms with E-state index in [0.29, 0.717) is 22.2 Å². The zero-order valence-electron chi connectivity index (χ0n) is 14.0. The number of carbonyl (C=O) groups is 2. The Morgan fingerprint density at radius 3 is 2.58 bits per heavy atom. The van der Waals surface area contributed by atoms with Crippen LogP contribution in [0.15, 0.2) is 54.6 Å². The van der Waals surface area contributed by atoms with Crippen molar-refractivity contribution >= 4 is 56.7 Å². The highest BCUT2D eigenvalue weighted by molar-refractivity contribution is 7.21. The highest BCUT2D eigenvalue weighted by Crippen LogP contribution is 2.35. The van der Waals surface area contributed by atoms with Crippen LogP contribution in [0, 0.1) is 0 Å². The smallest absolute Gasteiger partial charge is 0.330 e. The SMILES string of the molecule is CCOC(=O)/C=C/c1ccc(NC(=O)c2sc3ccccc3c2Cl)cc1.